The van der Waals surface area contributed by atoms with Gasteiger partial charge in [0.2, 0.25) is 0 Å². The molecule has 0 unspecified atom stereocenters. The first-order valence-corrected chi connectivity index (χ1v) is 5.05. The largest absolute Gasteiger partial charge is 0.133 e. The van der Waals surface area contributed by atoms with Gasteiger partial charge in [0.05, 0.1) is 4.01 Å². The Morgan fingerprint density at radius 1 is 1.50 bits per heavy atom. The van der Waals surface area contributed by atoms with Gasteiger partial charge in [-0.3, -0.25) is 0 Å². The number of thiophene rings is 2. The van der Waals surface area contributed by atoms with Crippen molar-refractivity contribution in [3.8, 4) is 0 Å². The Labute approximate surface area is 68.1 Å². The second-order valence-corrected chi connectivity index (χ2v) is 4.54. The summed E-state index contributed by atoms with van der Waals surface area (Å²) in [5, 5.41) is 3.58. The van der Waals surface area contributed by atoms with E-state index in [2.05, 4.69) is 24.4 Å². The minimum Gasteiger partial charge on any atom is -0.133 e. The van der Waals surface area contributed by atoms with Crippen molar-refractivity contribution in [1.29, 1.82) is 0 Å². The van der Waals surface area contributed by atoms with Crippen molar-refractivity contribution in [2.45, 2.75) is 13.3 Å². The molecule has 0 bridgehead atoms. The van der Waals surface area contributed by atoms with E-state index in [1.165, 1.54) is 20.7 Å². The van der Waals surface area contributed by atoms with E-state index in [0.717, 1.165) is 0 Å². The lowest BCUT2D eigenvalue weighted by Crippen LogP contribution is -1.64. The van der Waals surface area contributed by atoms with E-state index in [9.17, 15) is 0 Å². The number of aryl methyl sites for hydroxylation is 1. The molecule has 0 aliphatic heterocycles. The van der Waals surface area contributed by atoms with E-state index in [1.807, 2.05) is 22.7 Å². The quantitative estimate of drug-likeness (QED) is 0.611. The van der Waals surface area contributed by atoms with Crippen LogP contribution in [-0.4, -0.2) is 0 Å². The Morgan fingerprint density at radius 3 is 3.10 bits per heavy atom. The first-order valence-electron chi connectivity index (χ1n) is 3.36. The normalized spacial score (nSPS) is 10.9. The Kier molecular flexibility index (Phi) is 1.51. The average molecular weight is 168 g/mol. The number of hydrogen-bond donors (Lipinski definition) is 0. The van der Waals surface area contributed by atoms with Crippen molar-refractivity contribution >= 4 is 32.1 Å². The fourth-order valence-electron chi connectivity index (χ4n) is 0.991. The van der Waals surface area contributed by atoms with Crippen molar-refractivity contribution in [1.82, 2.24) is 0 Å². The lowest BCUT2D eigenvalue weighted by atomic mass is 10.3. The molecule has 0 amide bonds. The third kappa shape index (κ3) is 0.879. The summed E-state index contributed by atoms with van der Waals surface area (Å²) in [4.78, 5) is 1.50. The molecule has 52 valence electrons. The summed E-state index contributed by atoms with van der Waals surface area (Å²) in [6.45, 7) is 2.20. The third-order valence-corrected chi connectivity index (χ3v) is 3.90. The Bertz CT molecular complexity index is 301. The van der Waals surface area contributed by atoms with Crippen LogP contribution in [0.15, 0.2) is 17.5 Å². The Balaban J connectivity index is 2.67. The molecule has 0 aliphatic carbocycles. The van der Waals surface area contributed by atoms with Gasteiger partial charge in [-0.05, 0) is 23.9 Å². The predicted octanol–water partition coefficient (Wildman–Crippen LogP) is 3.53. The third-order valence-electron chi connectivity index (χ3n) is 1.55. The van der Waals surface area contributed by atoms with Crippen LogP contribution in [0, 0.1) is 0 Å². The highest BCUT2D eigenvalue weighted by atomic mass is 32.2. The molecule has 0 radical (unpaired) electrons. The zero-order chi connectivity index (χ0) is 6.97. The van der Waals surface area contributed by atoms with Crippen LogP contribution in [-0.2, 0) is 6.42 Å². The molecule has 2 aromatic rings. The van der Waals surface area contributed by atoms with Crippen molar-refractivity contribution in [3.63, 3.8) is 0 Å². The second-order valence-electron chi connectivity index (χ2n) is 2.23. The van der Waals surface area contributed by atoms with Crippen LogP contribution in [0.3, 0.4) is 0 Å². The molecule has 10 heavy (non-hydrogen) atoms. The molecule has 0 nitrogen and oxygen atoms in total. The molecule has 0 saturated carbocycles. The van der Waals surface area contributed by atoms with Gasteiger partial charge in [-0.2, -0.15) is 0 Å². The zero-order valence-electron chi connectivity index (χ0n) is 5.76. The molecule has 2 aromatic heterocycles. The SMILES string of the molecule is CCc1cc2ccsc2s1. The number of hydrogen-bond acceptors (Lipinski definition) is 2. The summed E-state index contributed by atoms with van der Waals surface area (Å²) >= 11 is 3.76. The van der Waals surface area contributed by atoms with Crippen molar-refractivity contribution in [2.75, 3.05) is 0 Å². The minimum atomic E-state index is 1.17. The Morgan fingerprint density at radius 2 is 2.40 bits per heavy atom. The van der Waals surface area contributed by atoms with Gasteiger partial charge in [0, 0.05) is 10.3 Å². The fraction of sp³-hybridized carbons (Fsp3) is 0.250. The molecule has 0 aromatic carbocycles. The average Bonchev–Trinajstić information content (AvgIpc) is 2.42. The molecule has 2 heterocycles. The van der Waals surface area contributed by atoms with Crippen LogP contribution >= 0.6 is 22.7 Å². The highest BCUT2D eigenvalue weighted by Crippen LogP contribution is 2.30. The summed E-state index contributed by atoms with van der Waals surface area (Å²) in [5.74, 6) is 0. The second kappa shape index (κ2) is 2.36. The summed E-state index contributed by atoms with van der Waals surface area (Å²) in [6.07, 6.45) is 1.17. The van der Waals surface area contributed by atoms with Gasteiger partial charge in [0.25, 0.3) is 0 Å². The highest BCUT2D eigenvalue weighted by Gasteiger charge is 1.98. The van der Waals surface area contributed by atoms with Crippen LogP contribution in [0.4, 0.5) is 0 Å². The molecule has 0 aliphatic rings. The van der Waals surface area contributed by atoms with Gasteiger partial charge in [0.1, 0.15) is 0 Å². The van der Waals surface area contributed by atoms with E-state index in [-0.39, 0.29) is 0 Å². The summed E-state index contributed by atoms with van der Waals surface area (Å²) in [6, 6.07) is 4.48. The van der Waals surface area contributed by atoms with Crippen molar-refractivity contribution in [2.24, 2.45) is 0 Å². The number of fused-ring (bicyclic) bond motifs is 1. The first kappa shape index (κ1) is 6.38. The summed E-state index contributed by atoms with van der Waals surface area (Å²) < 4.78 is 1.47. The van der Waals surface area contributed by atoms with E-state index in [4.69, 9.17) is 0 Å². The van der Waals surface area contributed by atoms with Crippen LogP contribution in [0.5, 0.6) is 0 Å². The lowest BCUT2D eigenvalue weighted by molar-refractivity contribution is 1.19. The standard InChI is InChI=1S/C8H8S2/c1-2-7-5-6-3-4-9-8(6)10-7/h3-5H,2H2,1H3. The molecule has 2 rings (SSSR count). The van der Waals surface area contributed by atoms with Gasteiger partial charge >= 0.3 is 0 Å². The van der Waals surface area contributed by atoms with Crippen LogP contribution in [0.25, 0.3) is 9.40 Å². The smallest absolute Gasteiger partial charge is 0.0867 e. The highest BCUT2D eigenvalue weighted by molar-refractivity contribution is 7.37. The van der Waals surface area contributed by atoms with Crippen molar-refractivity contribution < 1.29 is 0 Å². The maximum absolute atomic E-state index is 2.29. The summed E-state index contributed by atoms with van der Waals surface area (Å²) in [5.41, 5.74) is 0. The molecule has 0 fully saturated rings. The van der Waals surface area contributed by atoms with Crippen LogP contribution in [0.1, 0.15) is 11.8 Å². The van der Waals surface area contributed by atoms with Gasteiger partial charge in [-0.1, -0.05) is 6.92 Å². The first-order chi connectivity index (χ1) is 4.90. The van der Waals surface area contributed by atoms with Gasteiger partial charge < -0.3 is 0 Å². The maximum Gasteiger partial charge on any atom is 0.0867 e. The lowest BCUT2D eigenvalue weighted by Gasteiger charge is -1.80. The number of rotatable bonds is 1. The van der Waals surface area contributed by atoms with E-state index < -0.39 is 0 Å². The van der Waals surface area contributed by atoms with E-state index in [0.29, 0.717) is 0 Å². The molecule has 2 heteroatoms. The van der Waals surface area contributed by atoms with Gasteiger partial charge in [-0.15, -0.1) is 22.7 Å². The van der Waals surface area contributed by atoms with E-state index in [1.54, 1.807) is 0 Å². The topological polar surface area (TPSA) is 0 Å². The molecule has 0 saturated heterocycles. The molecule has 0 N–H and O–H groups in total. The van der Waals surface area contributed by atoms with Crippen LogP contribution in [0.2, 0.25) is 0 Å². The molecule has 0 spiro atoms. The maximum atomic E-state index is 2.29. The van der Waals surface area contributed by atoms with Gasteiger partial charge in [0.15, 0.2) is 0 Å². The molecular weight excluding hydrogens is 160 g/mol. The Hall–Kier alpha value is -0.340. The van der Waals surface area contributed by atoms with Crippen LogP contribution < -0.4 is 0 Å². The molecular formula is C8H8S2. The van der Waals surface area contributed by atoms with Gasteiger partial charge in [-0.25, -0.2) is 0 Å². The van der Waals surface area contributed by atoms with Crippen molar-refractivity contribution in [3.05, 3.63) is 22.4 Å². The minimum absolute atomic E-state index is 1.17. The molecule has 0 atom stereocenters. The predicted molar refractivity (Wildman–Crippen MR) is 49.1 cm³/mol. The monoisotopic (exact) mass is 168 g/mol. The fourth-order valence-corrected chi connectivity index (χ4v) is 3.09. The summed E-state index contributed by atoms with van der Waals surface area (Å²) in [7, 11) is 0. The van der Waals surface area contributed by atoms with E-state index >= 15 is 0 Å². The zero-order valence-corrected chi connectivity index (χ0v) is 7.39.